The number of alkyl halides is 4. The number of piperidine rings is 1. The molecule has 3 amide bonds. The number of aldehydes is 1. The summed E-state index contributed by atoms with van der Waals surface area (Å²) in [5, 5.41) is 7.00. The maximum Gasteiger partial charge on any atom is 0.490 e. The van der Waals surface area contributed by atoms with Crippen molar-refractivity contribution in [3.63, 3.8) is 0 Å². The Kier molecular flexibility index (Phi) is 47.8. The number of carbonyl (C=O) groups is 4. The van der Waals surface area contributed by atoms with E-state index in [4.69, 9.17) is 37.5 Å². The summed E-state index contributed by atoms with van der Waals surface area (Å²) in [6.07, 6.45) is 15.1. The first-order chi connectivity index (χ1) is 58.4. The fourth-order valence-corrected chi connectivity index (χ4v) is 18.2. The fourth-order valence-electron chi connectivity index (χ4n) is 14.0. The summed E-state index contributed by atoms with van der Waals surface area (Å²) in [7, 11) is -0.314. The zero-order valence-corrected chi connectivity index (χ0v) is 82.2. The number of carbonyl (C=O) groups excluding carboxylic acids is 4. The molecule has 0 atom stereocenters. The quantitative estimate of drug-likeness (QED) is 0.0559. The molecule has 2 saturated heterocycles. The van der Waals surface area contributed by atoms with Crippen LogP contribution >= 0.6 is 85.0 Å². The summed E-state index contributed by atoms with van der Waals surface area (Å²) in [5.74, 6) is 2.01. The van der Waals surface area contributed by atoms with E-state index in [1.54, 1.807) is 80.3 Å². The number of para-hydroxylation sites is 5. The van der Waals surface area contributed by atoms with Crippen LogP contribution in [-0.4, -0.2) is 164 Å². The van der Waals surface area contributed by atoms with Crippen LogP contribution < -0.4 is 0 Å². The summed E-state index contributed by atoms with van der Waals surface area (Å²) < 4.78 is 95.0. The van der Waals surface area contributed by atoms with Gasteiger partial charge in [0.25, 0.3) is 0 Å². The van der Waals surface area contributed by atoms with Crippen molar-refractivity contribution in [3.05, 3.63) is 170 Å². The summed E-state index contributed by atoms with van der Waals surface area (Å²) in [6.45, 7) is 33.7. The van der Waals surface area contributed by atoms with Gasteiger partial charge in [0.1, 0.15) is 16.8 Å². The summed E-state index contributed by atoms with van der Waals surface area (Å²) in [5.41, 5.74) is 21.2. The van der Waals surface area contributed by atoms with Gasteiger partial charge in [-0.3, -0.25) is 9.18 Å². The number of hydrogen-bond donors (Lipinski definition) is 1. The third kappa shape index (κ3) is 34.9. The molecule has 692 valence electrons. The van der Waals surface area contributed by atoms with Crippen LogP contribution in [-0.2, 0) is 48.7 Å². The Labute approximate surface area is 789 Å². The number of fused-ring (bicyclic) bond motifs is 5. The van der Waals surface area contributed by atoms with E-state index >= 15 is 0 Å². The summed E-state index contributed by atoms with van der Waals surface area (Å²) in [4.78, 5) is 72.4. The molecule has 9 heterocycles. The topological polar surface area (TPSA) is 209 Å². The minimum atomic E-state index is -4.64. The van der Waals surface area contributed by atoms with Gasteiger partial charge in [0, 0.05) is 81.0 Å². The average molecular weight is 2000 g/mol. The van der Waals surface area contributed by atoms with Crippen molar-refractivity contribution < 1.29 is 91.3 Å². The largest absolute Gasteiger partial charge is 0.490 e. The molecule has 18 nitrogen and oxygen atoms in total. The van der Waals surface area contributed by atoms with E-state index in [0.29, 0.717) is 45.9 Å². The Hall–Kier alpha value is -6.39. The standard InChI is InChI=1S/C17H22N2O2S.C17H20N2O2S.C16H28BNO4.2C13H15NS.C7H4BrNS.C2HF3O.2C2H6.CH3F.CH4O.CH4.CH3.ClH.Pd.H2/c2*1-17(2,3)21-16(20)19-9-7-12(8-10-19)13-5-4-6-14-15(13)18-11-22-14;1-14(2,3)20-13(19)18-10-8-12(9-11-18)17-21-15(4,5)16(6,7)22-17;2*1-2-5-10(6-3-1)11-7-4-8-12-13(11)14-9-15-12;8-5-2-1-3-6-7(5)9-4-10-6;3-2(4,5)1-6;4*1-2;;;;;/h4-6,11-12H,7-10H2,1-3H3;4-7,11H,8-10H2,1-3H3;8H,9-11H2,1-7H3;2*4,7-10H,1-3,5-6H2;1-4H;1H;2*1-2H3;1H3;2H,1H3;1H4;1H3;1H;;1H/q;;;;;;;;;;;;-1;;;/i;;;;;;;3*1D;;;;;;. The molecule has 4 fully saturated rings. The van der Waals surface area contributed by atoms with Crippen LogP contribution in [0.15, 0.2) is 141 Å². The monoisotopic (exact) mass is 1990 g/mol. The number of ether oxygens (including phenoxy) is 3. The Balaban J connectivity index is 0.000000743. The van der Waals surface area contributed by atoms with Gasteiger partial charge in [0.2, 0.25) is 6.29 Å². The van der Waals surface area contributed by atoms with Crippen LogP contribution in [0.3, 0.4) is 0 Å². The SMILES string of the molecule is Brc1cccc2scnc12.C.CC(C)(C)OC(=O)N1CC=C(B2OC(C)(C)C(C)(C)O2)CC1.CC(C)(C)OC(=O)N1CC=C(c2cccc3scnc23)CC1.CC(C)(C)OC(=O)N1CCC(c2cccc3scnc23)CC1.CO.Cl.O=CC(F)(F)F.[2H]CC.[2H]CC.[2H]CF.[CH3-].[HH].[Pd].c1cc(C2CCCCC2)c2ncsc2c1.c1cc(C2CCCCC2)c2ncsc2c1. The van der Waals surface area contributed by atoms with Crippen LogP contribution in [0.5, 0.6) is 0 Å². The molecule has 5 aromatic heterocycles. The van der Waals surface area contributed by atoms with Gasteiger partial charge >= 0.3 is 31.6 Å². The molecule has 2 aliphatic carbocycles. The van der Waals surface area contributed by atoms with Crippen molar-refractivity contribution in [1.29, 1.82) is 0 Å². The summed E-state index contributed by atoms with van der Waals surface area (Å²) >= 11 is 11.9. The second kappa shape index (κ2) is 54.8. The van der Waals surface area contributed by atoms with Gasteiger partial charge in [-0.15, -0.1) is 69.1 Å². The van der Waals surface area contributed by atoms with Crippen molar-refractivity contribution in [3.8, 4) is 0 Å². The number of aliphatic hydroxyl groups excluding tert-OH is 1. The molecule has 16 rings (SSSR count). The molecule has 0 bridgehead atoms. The average Bonchev–Trinajstić information content (AvgIpc) is 1.62. The Morgan fingerprint density at radius 1 is 0.524 bits per heavy atom. The molecule has 0 radical (unpaired) electrons. The number of hydrogen-bond acceptors (Lipinski definition) is 20. The zero-order valence-electron chi connectivity index (χ0n) is 77.2. The molecular formula is C93H134BBrClF4N8O10PdS5-. The van der Waals surface area contributed by atoms with Gasteiger partial charge < -0.3 is 50.8 Å². The van der Waals surface area contributed by atoms with Gasteiger partial charge in [0.05, 0.1) is 98.4 Å². The minimum absolute atomic E-state index is 0. The van der Waals surface area contributed by atoms with E-state index in [2.05, 4.69) is 126 Å². The molecule has 10 aromatic rings. The molecule has 1 N–H and O–H groups in total. The molecule has 2 saturated carbocycles. The molecule has 0 spiro atoms. The zero-order chi connectivity index (χ0) is 90.7. The van der Waals surface area contributed by atoms with Crippen LogP contribution in [0.4, 0.5) is 31.9 Å². The van der Waals surface area contributed by atoms with Gasteiger partial charge in [-0.2, -0.15) is 13.2 Å². The first kappa shape index (κ1) is 108. The fraction of sp³-hybridized carbons (Fsp3) is 0.527. The number of aliphatic hydroxyl groups is 1. The maximum absolute atomic E-state index is 12.1. The number of rotatable bonds is 5. The maximum atomic E-state index is 12.1. The number of thiazole rings is 5. The van der Waals surface area contributed by atoms with E-state index in [-0.39, 0.29) is 85.7 Å². The molecule has 0 unspecified atom stereocenters. The van der Waals surface area contributed by atoms with Crippen molar-refractivity contribution in [2.75, 3.05) is 53.5 Å². The first-order valence-corrected chi connectivity index (χ1v) is 45.9. The number of aromatic nitrogens is 5. The van der Waals surface area contributed by atoms with Crippen molar-refractivity contribution >= 4 is 173 Å². The van der Waals surface area contributed by atoms with E-state index in [1.165, 1.54) is 127 Å². The predicted octanol–water partition coefficient (Wildman–Crippen LogP) is 28.4. The number of benzene rings is 5. The van der Waals surface area contributed by atoms with E-state index < -0.39 is 36.4 Å². The number of nitrogens with zero attached hydrogens (tertiary/aromatic N) is 8. The van der Waals surface area contributed by atoms with E-state index in [9.17, 15) is 31.9 Å². The predicted molar refractivity (Wildman–Crippen MR) is 517 cm³/mol. The van der Waals surface area contributed by atoms with Crippen molar-refractivity contribution in [2.45, 2.75) is 267 Å². The number of likely N-dealkylation sites (tertiary alicyclic amines) is 1. The molecule has 6 aliphatic rings. The Morgan fingerprint density at radius 2 is 0.831 bits per heavy atom. The normalized spacial score (nSPS) is 16.5. The molecule has 5 aromatic carbocycles. The second-order valence-corrected chi connectivity index (χ2v) is 37.9. The smallest absolute Gasteiger partial charge is 0.444 e. The molecule has 31 heteroatoms. The first-order valence-electron chi connectivity index (χ1n) is 42.8. The van der Waals surface area contributed by atoms with Crippen molar-refractivity contribution in [2.24, 2.45) is 0 Å². The Bertz CT molecular complexity index is 4820. The van der Waals surface area contributed by atoms with Gasteiger partial charge in [-0.05, 0) is 239 Å². The molecular weight excluding hydrogens is 1860 g/mol. The van der Waals surface area contributed by atoms with Crippen LogP contribution in [0.25, 0.3) is 56.7 Å². The minimum Gasteiger partial charge on any atom is -0.444 e. The van der Waals surface area contributed by atoms with E-state index in [1.807, 2.05) is 141 Å². The van der Waals surface area contributed by atoms with Gasteiger partial charge in [-0.1, -0.05) is 140 Å². The summed E-state index contributed by atoms with van der Waals surface area (Å²) in [6, 6.07) is 32.0. The van der Waals surface area contributed by atoms with Crippen LogP contribution in [0, 0.1) is 7.43 Å². The number of amides is 3. The van der Waals surface area contributed by atoms with E-state index in [0.717, 1.165) is 84.2 Å². The third-order valence-electron chi connectivity index (χ3n) is 20.3. The van der Waals surface area contributed by atoms with Gasteiger partial charge in [0.15, 0.2) is 0 Å². The van der Waals surface area contributed by atoms with Gasteiger partial charge in [-0.25, -0.2) is 39.3 Å². The van der Waals surface area contributed by atoms with Crippen LogP contribution in [0.1, 0.15) is 261 Å². The molecule has 4 aliphatic heterocycles. The third-order valence-corrected chi connectivity index (χ3v) is 24.9. The second-order valence-electron chi connectivity index (χ2n) is 32.6. The molecule has 124 heavy (non-hydrogen) atoms. The Morgan fingerprint density at radius 3 is 1.16 bits per heavy atom. The number of halogens is 6. The van der Waals surface area contributed by atoms with Crippen LogP contribution in [0.2, 0.25) is 0 Å². The van der Waals surface area contributed by atoms with Crippen molar-refractivity contribution in [1.82, 2.24) is 39.6 Å².